The van der Waals surface area contributed by atoms with Crippen LogP contribution < -0.4 is 5.32 Å². The molecule has 24 heavy (non-hydrogen) atoms. The van der Waals surface area contributed by atoms with E-state index in [0.29, 0.717) is 19.4 Å². The van der Waals surface area contributed by atoms with Crippen LogP contribution in [0.5, 0.6) is 0 Å². The maximum absolute atomic E-state index is 12.6. The molecule has 1 unspecified atom stereocenters. The van der Waals surface area contributed by atoms with E-state index in [1.165, 1.54) is 6.92 Å². The van der Waals surface area contributed by atoms with Gasteiger partial charge in [-0.1, -0.05) is 38.1 Å². The van der Waals surface area contributed by atoms with Crippen LogP contribution in [0, 0.1) is 5.92 Å². The maximum Gasteiger partial charge on any atom is 0.325 e. The van der Waals surface area contributed by atoms with Gasteiger partial charge in [-0.3, -0.25) is 14.4 Å². The standard InChI is InChI=1S/C18H24N2O4/c1-11(2)8-16(21)20-10-14-7-5-4-6-13(14)9-15(20)17(22)19-12(3)18(23)24/h4-7,11-12,15H,8-10H2,1-3H3,(H,19,22)(H,23,24)/t12-,15?/m1/s1. The summed E-state index contributed by atoms with van der Waals surface area (Å²) in [6.07, 6.45) is 0.763. The van der Waals surface area contributed by atoms with Crippen LogP contribution in [-0.2, 0) is 27.3 Å². The number of carbonyl (C=O) groups excluding carboxylic acids is 2. The van der Waals surface area contributed by atoms with Gasteiger partial charge in [0.15, 0.2) is 0 Å². The molecule has 1 aromatic rings. The number of hydrogen-bond donors (Lipinski definition) is 2. The highest BCUT2D eigenvalue weighted by molar-refractivity contribution is 5.91. The van der Waals surface area contributed by atoms with Crippen molar-refractivity contribution in [2.45, 2.75) is 52.2 Å². The third-order valence-corrected chi connectivity index (χ3v) is 4.18. The van der Waals surface area contributed by atoms with E-state index < -0.39 is 24.0 Å². The summed E-state index contributed by atoms with van der Waals surface area (Å²) in [4.78, 5) is 37.7. The Labute approximate surface area is 141 Å². The predicted molar refractivity (Wildman–Crippen MR) is 89.2 cm³/mol. The molecule has 0 aliphatic carbocycles. The van der Waals surface area contributed by atoms with Gasteiger partial charge in [-0.05, 0) is 24.0 Å². The van der Waals surface area contributed by atoms with Crippen molar-refractivity contribution in [3.05, 3.63) is 35.4 Å². The Bertz CT molecular complexity index is 642. The second-order valence-electron chi connectivity index (χ2n) is 6.68. The lowest BCUT2D eigenvalue weighted by Gasteiger charge is -2.36. The molecule has 0 saturated heterocycles. The second kappa shape index (κ2) is 7.47. The molecule has 0 spiro atoms. The van der Waals surface area contributed by atoms with Crippen LogP contribution in [0.25, 0.3) is 0 Å². The van der Waals surface area contributed by atoms with Crippen molar-refractivity contribution < 1.29 is 19.5 Å². The molecule has 130 valence electrons. The van der Waals surface area contributed by atoms with E-state index in [-0.39, 0.29) is 11.8 Å². The lowest BCUT2D eigenvalue weighted by atomic mass is 9.92. The van der Waals surface area contributed by atoms with Crippen LogP contribution in [0.3, 0.4) is 0 Å². The van der Waals surface area contributed by atoms with Gasteiger partial charge in [-0.25, -0.2) is 0 Å². The van der Waals surface area contributed by atoms with Crippen LogP contribution >= 0.6 is 0 Å². The lowest BCUT2D eigenvalue weighted by molar-refractivity contribution is -0.145. The van der Waals surface area contributed by atoms with Crippen LogP contribution in [0.2, 0.25) is 0 Å². The molecule has 2 atom stereocenters. The molecular weight excluding hydrogens is 308 g/mol. The first-order valence-electron chi connectivity index (χ1n) is 8.19. The number of aliphatic carboxylic acids is 1. The normalized spacial score (nSPS) is 18.0. The van der Waals surface area contributed by atoms with Crippen molar-refractivity contribution >= 4 is 17.8 Å². The average Bonchev–Trinajstić information content (AvgIpc) is 2.52. The Morgan fingerprint density at radius 1 is 1.21 bits per heavy atom. The third kappa shape index (κ3) is 4.13. The number of rotatable bonds is 5. The number of carboxylic acids is 1. The minimum absolute atomic E-state index is 0.0809. The van der Waals surface area contributed by atoms with Crippen molar-refractivity contribution in [3.63, 3.8) is 0 Å². The monoisotopic (exact) mass is 332 g/mol. The van der Waals surface area contributed by atoms with E-state index in [2.05, 4.69) is 5.32 Å². The molecule has 2 amide bonds. The number of nitrogens with zero attached hydrogens (tertiary/aromatic N) is 1. The minimum Gasteiger partial charge on any atom is -0.480 e. The topological polar surface area (TPSA) is 86.7 Å². The molecule has 0 aromatic heterocycles. The van der Waals surface area contributed by atoms with E-state index in [4.69, 9.17) is 5.11 Å². The van der Waals surface area contributed by atoms with Gasteiger partial charge < -0.3 is 15.3 Å². The highest BCUT2D eigenvalue weighted by Crippen LogP contribution is 2.25. The fourth-order valence-electron chi connectivity index (χ4n) is 2.86. The Kier molecular flexibility index (Phi) is 5.59. The number of benzene rings is 1. The molecule has 6 heteroatoms. The molecule has 0 fully saturated rings. The van der Waals surface area contributed by atoms with Crippen molar-refractivity contribution in [1.29, 1.82) is 0 Å². The van der Waals surface area contributed by atoms with E-state index in [1.54, 1.807) is 4.90 Å². The summed E-state index contributed by atoms with van der Waals surface area (Å²) in [6.45, 7) is 5.70. The molecule has 2 rings (SSSR count). The number of hydrogen-bond acceptors (Lipinski definition) is 3. The summed E-state index contributed by atoms with van der Waals surface area (Å²) in [5.74, 6) is -1.41. The fraction of sp³-hybridized carbons (Fsp3) is 0.500. The number of carboxylic acid groups (broad SMARTS) is 1. The smallest absolute Gasteiger partial charge is 0.325 e. The number of amides is 2. The molecule has 1 aromatic carbocycles. The fourth-order valence-corrected chi connectivity index (χ4v) is 2.86. The van der Waals surface area contributed by atoms with Crippen LogP contribution in [-0.4, -0.2) is 39.9 Å². The van der Waals surface area contributed by atoms with E-state index in [1.807, 2.05) is 38.1 Å². The van der Waals surface area contributed by atoms with Crippen molar-refractivity contribution in [2.75, 3.05) is 0 Å². The summed E-state index contributed by atoms with van der Waals surface area (Å²) in [5.41, 5.74) is 2.05. The van der Waals surface area contributed by atoms with Gasteiger partial charge in [0.2, 0.25) is 11.8 Å². The summed E-state index contributed by atoms with van der Waals surface area (Å²) in [6, 6.07) is 6.06. The second-order valence-corrected chi connectivity index (χ2v) is 6.68. The average molecular weight is 332 g/mol. The van der Waals surface area contributed by atoms with Gasteiger partial charge in [0, 0.05) is 19.4 Å². The molecule has 0 radical (unpaired) electrons. The molecule has 0 bridgehead atoms. The zero-order valence-corrected chi connectivity index (χ0v) is 14.3. The van der Waals surface area contributed by atoms with Crippen molar-refractivity contribution in [3.8, 4) is 0 Å². The van der Waals surface area contributed by atoms with E-state index in [9.17, 15) is 14.4 Å². The summed E-state index contributed by atoms with van der Waals surface area (Å²) < 4.78 is 0. The van der Waals surface area contributed by atoms with Crippen LogP contribution in [0.1, 0.15) is 38.3 Å². The molecule has 2 N–H and O–H groups in total. The van der Waals surface area contributed by atoms with Crippen molar-refractivity contribution in [2.24, 2.45) is 5.92 Å². The number of fused-ring (bicyclic) bond motifs is 1. The van der Waals surface area contributed by atoms with Crippen LogP contribution in [0.4, 0.5) is 0 Å². The SMILES string of the molecule is CC(C)CC(=O)N1Cc2ccccc2CC1C(=O)N[C@H](C)C(=O)O. The highest BCUT2D eigenvalue weighted by atomic mass is 16.4. The first-order chi connectivity index (χ1) is 11.3. The zero-order chi connectivity index (χ0) is 17.9. The van der Waals surface area contributed by atoms with Gasteiger partial charge in [0.25, 0.3) is 0 Å². The first kappa shape index (κ1) is 18.0. The predicted octanol–water partition coefficient (Wildman–Crippen LogP) is 1.58. The summed E-state index contributed by atoms with van der Waals surface area (Å²) >= 11 is 0. The Morgan fingerprint density at radius 2 is 1.83 bits per heavy atom. The Morgan fingerprint density at radius 3 is 2.42 bits per heavy atom. The quantitative estimate of drug-likeness (QED) is 0.857. The molecular formula is C18H24N2O4. The van der Waals surface area contributed by atoms with Gasteiger partial charge in [-0.15, -0.1) is 0 Å². The van der Waals surface area contributed by atoms with Gasteiger partial charge in [-0.2, -0.15) is 0 Å². The molecule has 6 nitrogen and oxygen atoms in total. The van der Waals surface area contributed by atoms with Crippen molar-refractivity contribution in [1.82, 2.24) is 10.2 Å². The molecule has 0 saturated carbocycles. The number of nitrogens with one attached hydrogen (secondary N) is 1. The zero-order valence-electron chi connectivity index (χ0n) is 14.3. The van der Waals surface area contributed by atoms with Gasteiger partial charge in [0.1, 0.15) is 12.1 Å². The largest absolute Gasteiger partial charge is 0.480 e. The molecule has 1 heterocycles. The third-order valence-electron chi connectivity index (χ3n) is 4.18. The minimum atomic E-state index is -1.10. The lowest BCUT2D eigenvalue weighted by Crippen LogP contribution is -2.55. The molecule has 1 aliphatic rings. The summed E-state index contributed by atoms with van der Waals surface area (Å²) in [7, 11) is 0. The maximum atomic E-state index is 12.6. The van der Waals surface area contributed by atoms with E-state index >= 15 is 0 Å². The molecule has 1 aliphatic heterocycles. The Hall–Kier alpha value is -2.37. The Balaban J connectivity index is 2.25. The highest BCUT2D eigenvalue weighted by Gasteiger charge is 2.35. The summed E-state index contributed by atoms with van der Waals surface area (Å²) in [5, 5.41) is 11.5. The number of carbonyl (C=O) groups is 3. The van der Waals surface area contributed by atoms with Crippen LogP contribution in [0.15, 0.2) is 24.3 Å². The van der Waals surface area contributed by atoms with E-state index in [0.717, 1.165) is 11.1 Å². The first-order valence-corrected chi connectivity index (χ1v) is 8.19. The van der Waals surface area contributed by atoms with Gasteiger partial charge in [0.05, 0.1) is 0 Å². The van der Waals surface area contributed by atoms with Gasteiger partial charge >= 0.3 is 5.97 Å².